The second-order valence-corrected chi connectivity index (χ2v) is 5.98. The fraction of sp³-hybridized carbons (Fsp3) is 0.647. The summed E-state index contributed by atoms with van der Waals surface area (Å²) in [5, 5.41) is 3.68. The summed E-state index contributed by atoms with van der Waals surface area (Å²) in [5.74, 6) is 4.47. The van der Waals surface area contributed by atoms with Crippen LogP contribution in [0.15, 0.2) is 18.2 Å². The second-order valence-electron chi connectivity index (χ2n) is 5.98. The molecule has 0 spiro atoms. The normalized spacial score (nSPS) is 28.9. The predicted octanol–water partition coefficient (Wildman–Crippen LogP) is 3.40. The maximum Gasteiger partial charge on any atom is 0.127 e. The van der Waals surface area contributed by atoms with Gasteiger partial charge in [0.2, 0.25) is 0 Å². The molecule has 20 heavy (non-hydrogen) atoms. The molecular weight excluding hydrogens is 250 g/mol. The highest BCUT2D eigenvalue weighted by molar-refractivity contribution is 5.43. The van der Waals surface area contributed by atoms with Crippen molar-refractivity contribution in [3.05, 3.63) is 23.8 Å². The minimum absolute atomic E-state index is 0.427. The van der Waals surface area contributed by atoms with Gasteiger partial charge in [-0.15, -0.1) is 0 Å². The van der Waals surface area contributed by atoms with Crippen LogP contribution in [0.25, 0.3) is 0 Å². The van der Waals surface area contributed by atoms with Crippen molar-refractivity contribution < 1.29 is 9.47 Å². The molecule has 2 aliphatic rings. The van der Waals surface area contributed by atoms with Crippen molar-refractivity contribution in [2.75, 3.05) is 20.8 Å². The van der Waals surface area contributed by atoms with E-state index in [2.05, 4.69) is 18.3 Å². The monoisotopic (exact) mass is 275 g/mol. The van der Waals surface area contributed by atoms with E-state index in [-0.39, 0.29) is 0 Å². The molecule has 0 saturated heterocycles. The summed E-state index contributed by atoms with van der Waals surface area (Å²) >= 11 is 0. The van der Waals surface area contributed by atoms with Gasteiger partial charge < -0.3 is 14.8 Å². The van der Waals surface area contributed by atoms with Crippen LogP contribution in [0.2, 0.25) is 0 Å². The Balaban J connectivity index is 1.87. The van der Waals surface area contributed by atoms with Gasteiger partial charge in [-0.1, -0.05) is 19.4 Å². The van der Waals surface area contributed by atoms with Gasteiger partial charge in [0.1, 0.15) is 11.5 Å². The number of methoxy groups -OCH3 is 2. The summed E-state index contributed by atoms with van der Waals surface area (Å²) in [5.41, 5.74) is 1.29. The molecule has 1 N–H and O–H groups in total. The Kier molecular flexibility index (Phi) is 3.88. The number of hydrogen-bond acceptors (Lipinski definition) is 3. The van der Waals surface area contributed by atoms with E-state index in [0.29, 0.717) is 6.04 Å². The standard InChI is InChI=1S/C17H25NO2/c1-4-18-17(16-12-6-5-7-13(12)16)14-9-8-11(19-2)10-15(14)20-3/h8-10,12-13,16-18H,4-7H2,1-3H3. The molecule has 0 aromatic heterocycles. The van der Waals surface area contributed by atoms with Crippen molar-refractivity contribution in [1.82, 2.24) is 5.32 Å². The fourth-order valence-corrected chi connectivity index (χ4v) is 4.12. The first kappa shape index (κ1) is 13.7. The lowest BCUT2D eigenvalue weighted by molar-refractivity contribution is 0.369. The number of ether oxygens (including phenoxy) is 2. The number of benzene rings is 1. The summed E-state index contributed by atoms with van der Waals surface area (Å²) in [4.78, 5) is 0. The average molecular weight is 275 g/mol. The van der Waals surface area contributed by atoms with Gasteiger partial charge >= 0.3 is 0 Å². The molecule has 2 saturated carbocycles. The van der Waals surface area contributed by atoms with E-state index >= 15 is 0 Å². The Hall–Kier alpha value is -1.22. The predicted molar refractivity (Wildman–Crippen MR) is 80.3 cm³/mol. The van der Waals surface area contributed by atoms with E-state index in [9.17, 15) is 0 Å². The Bertz CT molecular complexity index is 464. The lowest BCUT2D eigenvalue weighted by Gasteiger charge is -2.23. The lowest BCUT2D eigenvalue weighted by Crippen LogP contribution is -2.25. The first-order valence-electron chi connectivity index (χ1n) is 7.75. The molecule has 0 bridgehead atoms. The highest BCUT2D eigenvalue weighted by Gasteiger charge is 2.56. The molecule has 0 radical (unpaired) electrons. The van der Waals surface area contributed by atoms with Crippen molar-refractivity contribution in [2.45, 2.75) is 32.2 Å². The number of rotatable bonds is 6. The number of hydrogen-bond donors (Lipinski definition) is 1. The van der Waals surface area contributed by atoms with Gasteiger partial charge in [0.25, 0.3) is 0 Å². The first-order valence-corrected chi connectivity index (χ1v) is 7.75. The zero-order chi connectivity index (χ0) is 14.1. The summed E-state index contributed by atoms with van der Waals surface area (Å²) < 4.78 is 10.9. The van der Waals surface area contributed by atoms with Crippen molar-refractivity contribution in [3.8, 4) is 11.5 Å². The lowest BCUT2D eigenvalue weighted by atomic mass is 9.96. The molecule has 1 aromatic carbocycles. The fourth-order valence-electron chi connectivity index (χ4n) is 4.12. The smallest absolute Gasteiger partial charge is 0.127 e. The van der Waals surface area contributed by atoms with Gasteiger partial charge in [-0.3, -0.25) is 0 Å². The van der Waals surface area contributed by atoms with Crippen LogP contribution in [0.3, 0.4) is 0 Å². The van der Waals surface area contributed by atoms with Crippen LogP contribution in [0, 0.1) is 17.8 Å². The van der Waals surface area contributed by atoms with Crippen LogP contribution >= 0.6 is 0 Å². The largest absolute Gasteiger partial charge is 0.497 e. The Morgan fingerprint density at radius 2 is 1.95 bits per heavy atom. The summed E-state index contributed by atoms with van der Waals surface area (Å²) in [7, 11) is 3.44. The van der Waals surface area contributed by atoms with Crippen molar-refractivity contribution >= 4 is 0 Å². The summed E-state index contributed by atoms with van der Waals surface area (Å²) in [6, 6.07) is 6.63. The third kappa shape index (κ3) is 2.28. The van der Waals surface area contributed by atoms with E-state index in [0.717, 1.165) is 35.8 Å². The molecular formula is C17H25NO2. The van der Waals surface area contributed by atoms with Crippen LogP contribution < -0.4 is 14.8 Å². The highest BCUT2D eigenvalue weighted by atomic mass is 16.5. The van der Waals surface area contributed by atoms with Gasteiger partial charge in [-0.05, 0) is 43.2 Å². The number of fused-ring (bicyclic) bond motifs is 1. The molecule has 0 aliphatic heterocycles. The maximum absolute atomic E-state index is 5.60. The topological polar surface area (TPSA) is 30.5 Å². The molecule has 110 valence electrons. The zero-order valence-corrected chi connectivity index (χ0v) is 12.7. The molecule has 3 atom stereocenters. The molecule has 3 unspecified atom stereocenters. The number of nitrogens with one attached hydrogen (secondary N) is 1. The average Bonchev–Trinajstić information content (AvgIpc) is 2.94. The van der Waals surface area contributed by atoms with Gasteiger partial charge in [-0.2, -0.15) is 0 Å². The van der Waals surface area contributed by atoms with Crippen molar-refractivity contribution in [3.63, 3.8) is 0 Å². The van der Waals surface area contributed by atoms with Crippen LogP contribution in [0.5, 0.6) is 11.5 Å². The maximum atomic E-state index is 5.60. The summed E-state index contributed by atoms with van der Waals surface area (Å²) in [6.07, 6.45) is 4.25. The highest BCUT2D eigenvalue weighted by Crippen LogP contribution is 2.62. The van der Waals surface area contributed by atoms with E-state index in [1.54, 1.807) is 14.2 Å². The van der Waals surface area contributed by atoms with Crippen LogP contribution in [-0.2, 0) is 0 Å². The van der Waals surface area contributed by atoms with E-state index in [1.165, 1.54) is 24.8 Å². The quantitative estimate of drug-likeness (QED) is 0.863. The Labute approximate surface area is 121 Å². The minimum Gasteiger partial charge on any atom is -0.497 e. The third-order valence-corrected chi connectivity index (χ3v) is 5.06. The molecule has 3 rings (SSSR count). The SMILES string of the molecule is CCNC(c1ccc(OC)cc1OC)C1C2CCCC21. The Morgan fingerprint density at radius 3 is 2.55 bits per heavy atom. The van der Waals surface area contributed by atoms with Gasteiger partial charge in [0.15, 0.2) is 0 Å². The molecule has 3 heteroatoms. The van der Waals surface area contributed by atoms with Gasteiger partial charge in [0, 0.05) is 17.7 Å². The molecule has 0 amide bonds. The molecule has 2 aliphatic carbocycles. The van der Waals surface area contributed by atoms with Crippen molar-refractivity contribution in [1.29, 1.82) is 0 Å². The van der Waals surface area contributed by atoms with E-state index in [4.69, 9.17) is 9.47 Å². The third-order valence-electron chi connectivity index (χ3n) is 5.06. The van der Waals surface area contributed by atoms with E-state index in [1.807, 2.05) is 12.1 Å². The minimum atomic E-state index is 0.427. The van der Waals surface area contributed by atoms with Crippen LogP contribution in [0.4, 0.5) is 0 Å². The van der Waals surface area contributed by atoms with Crippen LogP contribution in [-0.4, -0.2) is 20.8 Å². The Morgan fingerprint density at radius 1 is 1.20 bits per heavy atom. The van der Waals surface area contributed by atoms with Gasteiger partial charge in [0.05, 0.1) is 14.2 Å². The zero-order valence-electron chi connectivity index (χ0n) is 12.7. The molecule has 2 fully saturated rings. The van der Waals surface area contributed by atoms with Crippen molar-refractivity contribution in [2.24, 2.45) is 17.8 Å². The second kappa shape index (κ2) is 5.65. The first-order chi connectivity index (χ1) is 9.80. The van der Waals surface area contributed by atoms with E-state index < -0.39 is 0 Å². The van der Waals surface area contributed by atoms with Crippen LogP contribution in [0.1, 0.15) is 37.8 Å². The summed E-state index contributed by atoms with van der Waals surface area (Å²) in [6.45, 7) is 3.18. The molecule has 1 aromatic rings. The molecule has 3 nitrogen and oxygen atoms in total. The van der Waals surface area contributed by atoms with Gasteiger partial charge in [-0.25, -0.2) is 0 Å². The molecule has 0 heterocycles.